The van der Waals surface area contributed by atoms with Crippen molar-refractivity contribution in [3.05, 3.63) is 58.0 Å². The number of rotatable bonds is 4. The Balaban J connectivity index is 1.93. The van der Waals surface area contributed by atoms with Crippen molar-refractivity contribution in [1.82, 2.24) is 4.57 Å². The molecule has 0 bridgehead atoms. The molecule has 2 heterocycles. The number of amides is 1. The molecule has 0 saturated heterocycles. The lowest BCUT2D eigenvalue weighted by molar-refractivity contribution is -0.121. The van der Waals surface area contributed by atoms with E-state index in [1.54, 1.807) is 42.2 Å². The maximum atomic E-state index is 12.6. The Kier molecular flexibility index (Phi) is 4.20. The summed E-state index contributed by atoms with van der Waals surface area (Å²) >= 11 is 0. The smallest absolute Gasteiger partial charge is 0.265 e. The summed E-state index contributed by atoms with van der Waals surface area (Å²) in [6.07, 6.45) is 0. The van der Waals surface area contributed by atoms with Gasteiger partial charge in [0.15, 0.2) is 12.4 Å². The number of anilines is 1. The van der Waals surface area contributed by atoms with E-state index < -0.39 is 0 Å². The van der Waals surface area contributed by atoms with Crippen LogP contribution in [0.3, 0.4) is 0 Å². The van der Waals surface area contributed by atoms with Crippen molar-refractivity contribution in [2.75, 3.05) is 18.1 Å². The van der Waals surface area contributed by atoms with Crippen LogP contribution in [0.2, 0.25) is 0 Å². The van der Waals surface area contributed by atoms with Gasteiger partial charge >= 0.3 is 0 Å². The van der Waals surface area contributed by atoms with Crippen LogP contribution in [-0.2, 0) is 11.3 Å². The molecule has 3 rings (SSSR count). The first-order valence-corrected chi connectivity index (χ1v) is 7.78. The molecule has 0 fully saturated rings. The minimum Gasteiger partial charge on any atom is -0.482 e. The van der Waals surface area contributed by atoms with Crippen LogP contribution in [-0.4, -0.2) is 29.4 Å². The molecule has 1 amide bonds. The van der Waals surface area contributed by atoms with Gasteiger partial charge in [0.1, 0.15) is 5.75 Å². The molecule has 2 aromatic rings. The highest BCUT2D eigenvalue weighted by atomic mass is 16.5. The van der Waals surface area contributed by atoms with Crippen LogP contribution in [0, 0.1) is 6.92 Å². The normalized spacial score (nSPS) is 13.4. The molecule has 1 aliphatic heterocycles. The molecule has 0 saturated carbocycles. The maximum Gasteiger partial charge on any atom is 0.265 e. The van der Waals surface area contributed by atoms with E-state index in [1.165, 1.54) is 10.6 Å². The molecule has 124 valence electrons. The van der Waals surface area contributed by atoms with Crippen LogP contribution in [0.4, 0.5) is 5.69 Å². The molecule has 0 atom stereocenters. The topological polar surface area (TPSA) is 68.6 Å². The summed E-state index contributed by atoms with van der Waals surface area (Å²) in [5, 5.41) is 0. The van der Waals surface area contributed by atoms with E-state index >= 15 is 0 Å². The number of carbonyl (C=O) groups is 2. The van der Waals surface area contributed by atoms with E-state index in [1.807, 2.05) is 6.92 Å². The van der Waals surface area contributed by atoms with Crippen LogP contribution >= 0.6 is 0 Å². The zero-order chi connectivity index (χ0) is 17.3. The summed E-state index contributed by atoms with van der Waals surface area (Å²) in [5.41, 5.74) is 1.55. The number of aromatic nitrogens is 1. The predicted octanol–water partition coefficient (Wildman–Crippen LogP) is 1.78. The molecule has 0 aliphatic carbocycles. The standard InChI is InChI=1S/C18H18N2O4/c1-3-19-14-9-13(7-8-16(14)24-11-18(19)23)15(21)10-20-12(2)5-4-6-17(20)22/h4-9H,3,10-11H2,1-2H3. The van der Waals surface area contributed by atoms with E-state index in [0.717, 1.165) is 5.69 Å². The van der Waals surface area contributed by atoms with Gasteiger partial charge in [-0.15, -0.1) is 0 Å². The second kappa shape index (κ2) is 6.31. The second-order valence-electron chi connectivity index (χ2n) is 5.62. The van der Waals surface area contributed by atoms with Gasteiger partial charge in [-0.25, -0.2) is 0 Å². The molecule has 1 aliphatic rings. The lowest BCUT2D eigenvalue weighted by Gasteiger charge is -2.28. The van der Waals surface area contributed by atoms with Crippen LogP contribution < -0.4 is 15.2 Å². The number of hydrogen-bond acceptors (Lipinski definition) is 4. The lowest BCUT2D eigenvalue weighted by atomic mass is 10.1. The minimum absolute atomic E-state index is 0.00668. The van der Waals surface area contributed by atoms with Gasteiger partial charge < -0.3 is 14.2 Å². The summed E-state index contributed by atoms with van der Waals surface area (Å²) < 4.78 is 6.83. The summed E-state index contributed by atoms with van der Waals surface area (Å²) in [5.74, 6) is 0.258. The van der Waals surface area contributed by atoms with Crippen LogP contribution in [0.15, 0.2) is 41.2 Å². The summed E-state index contributed by atoms with van der Waals surface area (Å²) in [4.78, 5) is 38.0. The number of pyridine rings is 1. The molecule has 1 aromatic heterocycles. The van der Waals surface area contributed by atoms with Gasteiger partial charge in [-0.2, -0.15) is 0 Å². The van der Waals surface area contributed by atoms with Crippen molar-refractivity contribution < 1.29 is 14.3 Å². The first kappa shape index (κ1) is 16.0. The van der Waals surface area contributed by atoms with Gasteiger partial charge in [0.25, 0.3) is 11.5 Å². The molecule has 6 nitrogen and oxygen atoms in total. The highest BCUT2D eigenvalue weighted by Crippen LogP contribution is 2.33. The Morgan fingerprint density at radius 3 is 2.71 bits per heavy atom. The molecular formula is C18H18N2O4. The molecular weight excluding hydrogens is 308 g/mol. The Morgan fingerprint density at radius 2 is 2.00 bits per heavy atom. The van der Waals surface area contributed by atoms with Gasteiger partial charge in [-0.05, 0) is 38.1 Å². The monoisotopic (exact) mass is 326 g/mol. The number of Topliss-reactive ketones (excluding diaryl/α,β-unsaturated/α-hetero) is 1. The van der Waals surface area contributed by atoms with E-state index in [9.17, 15) is 14.4 Å². The van der Waals surface area contributed by atoms with Crippen LogP contribution in [0.25, 0.3) is 0 Å². The summed E-state index contributed by atoms with van der Waals surface area (Å²) in [6.45, 7) is 4.13. The van der Waals surface area contributed by atoms with Gasteiger partial charge in [0.2, 0.25) is 0 Å². The Labute approximate surface area is 139 Å². The molecule has 0 N–H and O–H groups in total. The van der Waals surface area contributed by atoms with Crippen molar-refractivity contribution in [2.24, 2.45) is 0 Å². The number of hydrogen-bond donors (Lipinski definition) is 0. The Morgan fingerprint density at radius 1 is 1.21 bits per heavy atom. The molecule has 0 spiro atoms. The van der Waals surface area contributed by atoms with Crippen molar-refractivity contribution in [3.8, 4) is 5.75 Å². The van der Waals surface area contributed by atoms with Crippen LogP contribution in [0.5, 0.6) is 5.75 Å². The third-order valence-corrected chi connectivity index (χ3v) is 4.11. The third-order valence-electron chi connectivity index (χ3n) is 4.11. The molecule has 0 unspecified atom stereocenters. The highest BCUT2D eigenvalue weighted by Gasteiger charge is 2.25. The van der Waals surface area contributed by atoms with Crippen molar-refractivity contribution >= 4 is 17.4 Å². The Bertz CT molecular complexity index is 870. The lowest BCUT2D eigenvalue weighted by Crippen LogP contribution is -2.38. The molecule has 24 heavy (non-hydrogen) atoms. The second-order valence-corrected chi connectivity index (χ2v) is 5.62. The summed E-state index contributed by atoms with van der Waals surface area (Å²) in [7, 11) is 0. The number of ether oxygens (including phenoxy) is 1. The fraction of sp³-hybridized carbons (Fsp3) is 0.278. The van der Waals surface area contributed by atoms with Gasteiger partial charge in [0, 0.05) is 23.9 Å². The number of aryl methyl sites for hydroxylation is 1. The maximum absolute atomic E-state index is 12.6. The zero-order valence-electron chi connectivity index (χ0n) is 13.6. The first-order chi connectivity index (χ1) is 11.5. The molecule has 0 radical (unpaired) electrons. The van der Waals surface area contributed by atoms with Gasteiger partial charge in [0.05, 0.1) is 12.2 Å². The number of carbonyl (C=O) groups excluding carboxylic acids is 2. The highest BCUT2D eigenvalue weighted by molar-refractivity contribution is 6.01. The number of benzene rings is 1. The quantitative estimate of drug-likeness (QED) is 0.803. The fourth-order valence-electron chi connectivity index (χ4n) is 2.78. The Hall–Kier alpha value is -2.89. The van der Waals surface area contributed by atoms with E-state index in [-0.39, 0.29) is 30.4 Å². The fourth-order valence-corrected chi connectivity index (χ4v) is 2.78. The minimum atomic E-state index is -0.213. The molecule has 6 heteroatoms. The van der Waals surface area contributed by atoms with Gasteiger partial charge in [-0.3, -0.25) is 14.4 Å². The number of likely N-dealkylation sites (N-methyl/N-ethyl adjacent to an activating group) is 1. The number of nitrogens with zero attached hydrogens (tertiary/aromatic N) is 2. The largest absolute Gasteiger partial charge is 0.482 e. The van der Waals surface area contributed by atoms with Crippen molar-refractivity contribution in [3.63, 3.8) is 0 Å². The van der Waals surface area contributed by atoms with E-state index in [2.05, 4.69) is 0 Å². The summed E-state index contributed by atoms with van der Waals surface area (Å²) in [6, 6.07) is 9.89. The van der Waals surface area contributed by atoms with E-state index in [4.69, 9.17) is 4.74 Å². The average Bonchev–Trinajstić information content (AvgIpc) is 2.57. The number of ketones is 1. The zero-order valence-corrected chi connectivity index (χ0v) is 13.6. The predicted molar refractivity (Wildman–Crippen MR) is 89.7 cm³/mol. The SMILES string of the molecule is CCN1C(=O)COc2ccc(C(=O)Cn3c(C)cccc3=O)cc21. The first-order valence-electron chi connectivity index (χ1n) is 7.78. The molecule has 1 aromatic carbocycles. The number of fused-ring (bicyclic) bond motifs is 1. The van der Waals surface area contributed by atoms with Gasteiger partial charge in [-0.1, -0.05) is 6.07 Å². The van der Waals surface area contributed by atoms with E-state index in [0.29, 0.717) is 23.5 Å². The average molecular weight is 326 g/mol. The third kappa shape index (κ3) is 2.82. The van der Waals surface area contributed by atoms with Crippen LogP contribution in [0.1, 0.15) is 23.0 Å². The van der Waals surface area contributed by atoms with Crippen molar-refractivity contribution in [2.45, 2.75) is 20.4 Å². The van der Waals surface area contributed by atoms with Crippen molar-refractivity contribution in [1.29, 1.82) is 0 Å².